The number of hydrogen-bond donors (Lipinski definition) is 1. The second-order valence-corrected chi connectivity index (χ2v) is 9.86. The van der Waals surface area contributed by atoms with Gasteiger partial charge in [0.2, 0.25) is 5.91 Å². The van der Waals surface area contributed by atoms with Gasteiger partial charge in [-0.15, -0.1) is 6.58 Å². The number of rotatable bonds is 8. The Morgan fingerprint density at radius 3 is 2.65 bits per heavy atom. The molecule has 3 fully saturated rings. The fraction of sp³-hybridized carbons (Fsp3) is 0.560. The number of aliphatic hydroxyl groups is 1. The number of carbonyl (C=O) groups is 3. The van der Waals surface area contributed by atoms with E-state index in [-0.39, 0.29) is 44.0 Å². The number of carbonyl (C=O) groups excluding carboxylic acids is 3. The monoisotopic (exact) mass is 490 g/mol. The smallest absolute Gasteiger partial charge is 0.312 e. The quantitative estimate of drug-likeness (QED) is 0.444. The molecular weight excluding hydrogens is 460 g/mol. The number of fused-ring (bicyclic) bond motifs is 1. The molecule has 1 aromatic carbocycles. The van der Waals surface area contributed by atoms with Gasteiger partial charge in [-0.25, -0.2) is 0 Å². The van der Waals surface area contributed by atoms with E-state index in [0.717, 1.165) is 0 Å². The van der Waals surface area contributed by atoms with Gasteiger partial charge in [-0.05, 0) is 50.5 Å². The first-order valence-electron chi connectivity index (χ1n) is 11.6. The molecule has 9 heteroatoms. The molecule has 6 atom stereocenters. The van der Waals surface area contributed by atoms with Crippen LogP contribution in [-0.4, -0.2) is 71.3 Å². The van der Waals surface area contributed by atoms with E-state index in [1.807, 2.05) is 13.8 Å². The number of β-amino-alcohol motifs (C(OH)–C–C–N with tert-alkyl or cyclic N) is 1. The first-order valence-corrected chi connectivity index (χ1v) is 12.0. The molecule has 0 radical (unpaired) electrons. The molecule has 3 heterocycles. The van der Waals surface area contributed by atoms with E-state index in [2.05, 4.69) is 6.58 Å². The summed E-state index contributed by atoms with van der Waals surface area (Å²) in [5.74, 6) is -2.98. The normalized spacial score (nSPS) is 33.7. The van der Waals surface area contributed by atoms with Crippen molar-refractivity contribution in [2.75, 3.05) is 31.2 Å². The fourth-order valence-corrected chi connectivity index (χ4v) is 6.30. The lowest BCUT2D eigenvalue weighted by molar-refractivity contribution is -0.161. The van der Waals surface area contributed by atoms with E-state index in [4.69, 9.17) is 21.1 Å². The van der Waals surface area contributed by atoms with E-state index in [0.29, 0.717) is 17.1 Å². The van der Waals surface area contributed by atoms with Crippen LogP contribution in [0.1, 0.15) is 27.2 Å². The zero-order chi connectivity index (χ0) is 24.8. The molecule has 8 nitrogen and oxygen atoms in total. The third-order valence-corrected chi connectivity index (χ3v) is 7.90. The molecule has 2 amide bonds. The Kier molecular flexibility index (Phi) is 6.52. The van der Waals surface area contributed by atoms with Crippen molar-refractivity contribution in [2.45, 2.75) is 44.4 Å². The number of ether oxygens (including phenoxy) is 2. The molecule has 1 aromatic rings. The predicted octanol–water partition coefficient (Wildman–Crippen LogP) is 2.43. The van der Waals surface area contributed by atoms with E-state index < -0.39 is 35.0 Å². The minimum Gasteiger partial charge on any atom is -0.466 e. The molecule has 184 valence electrons. The molecule has 0 aromatic heterocycles. The summed E-state index contributed by atoms with van der Waals surface area (Å²) in [6, 6.07) is 5.82. The number of anilines is 1. The molecule has 0 saturated carbocycles. The highest BCUT2D eigenvalue weighted by Crippen LogP contribution is 2.65. The van der Waals surface area contributed by atoms with Crippen LogP contribution in [0.15, 0.2) is 36.9 Å². The van der Waals surface area contributed by atoms with Gasteiger partial charge in [-0.2, -0.15) is 0 Å². The second-order valence-electron chi connectivity index (χ2n) is 9.43. The van der Waals surface area contributed by atoms with Crippen molar-refractivity contribution in [2.24, 2.45) is 17.8 Å². The number of likely N-dealkylation sites (tertiary alicyclic amines) is 1. The number of halogens is 1. The lowest BCUT2D eigenvalue weighted by Gasteiger charge is -2.37. The first kappa shape index (κ1) is 24.7. The van der Waals surface area contributed by atoms with Crippen LogP contribution in [0.5, 0.6) is 0 Å². The summed E-state index contributed by atoms with van der Waals surface area (Å²) in [5.41, 5.74) is -1.53. The van der Waals surface area contributed by atoms with Gasteiger partial charge in [0.05, 0.1) is 24.7 Å². The molecule has 1 spiro atoms. The van der Waals surface area contributed by atoms with Gasteiger partial charge in [0.25, 0.3) is 5.91 Å². The Hall–Kier alpha value is -2.42. The molecule has 3 saturated heterocycles. The zero-order valence-electron chi connectivity index (χ0n) is 19.7. The van der Waals surface area contributed by atoms with Crippen molar-refractivity contribution in [3.05, 3.63) is 41.9 Å². The second kappa shape index (κ2) is 8.98. The zero-order valence-corrected chi connectivity index (χ0v) is 20.5. The first-order chi connectivity index (χ1) is 16.2. The average Bonchev–Trinajstić information content (AvgIpc) is 3.30. The molecule has 3 aliphatic heterocycles. The topological polar surface area (TPSA) is 96.4 Å². The lowest BCUT2D eigenvalue weighted by Crippen LogP contribution is -2.57. The maximum Gasteiger partial charge on any atom is 0.312 e. The Balaban J connectivity index is 1.82. The molecule has 1 N–H and O–H groups in total. The minimum atomic E-state index is -1.19. The number of esters is 1. The molecule has 0 aliphatic carbocycles. The van der Waals surface area contributed by atoms with E-state index in [9.17, 15) is 19.5 Å². The van der Waals surface area contributed by atoms with Crippen LogP contribution in [-0.2, 0) is 23.9 Å². The molecule has 3 unspecified atom stereocenters. The maximum absolute atomic E-state index is 14.2. The molecule has 3 aliphatic rings. The van der Waals surface area contributed by atoms with Gasteiger partial charge in [0.15, 0.2) is 0 Å². The van der Waals surface area contributed by atoms with Crippen molar-refractivity contribution in [3.8, 4) is 0 Å². The number of amides is 2. The Bertz CT molecular complexity index is 1000. The molecular formula is C25H31ClN2O6. The Morgan fingerprint density at radius 2 is 2.06 bits per heavy atom. The summed E-state index contributed by atoms with van der Waals surface area (Å²) in [6.45, 7) is 9.32. The van der Waals surface area contributed by atoms with Crippen molar-refractivity contribution in [3.63, 3.8) is 0 Å². The van der Waals surface area contributed by atoms with E-state index >= 15 is 0 Å². The number of aliphatic hydroxyl groups excluding tert-OH is 1. The third-order valence-electron chi connectivity index (χ3n) is 7.65. The standard InChI is InChI=1S/C25H31ClN2O6/c1-5-11-27(17-9-7-16(26)8-10-17)22(31)20-25-14-15(3)24(4,34-25)19(23(32)33-6-2)18(25)21(30)28(20)12-13-29/h5,7-10,15,18-20,29H,1,6,11-14H2,2-4H3/t15?,18-,19-,20?,24+,25?/m0/s1. The third kappa shape index (κ3) is 3.46. The lowest BCUT2D eigenvalue weighted by atomic mass is 9.62. The fourth-order valence-electron chi connectivity index (χ4n) is 6.18. The van der Waals surface area contributed by atoms with Crippen molar-refractivity contribution < 1.29 is 29.0 Å². The van der Waals surface area contributed by atoms with Gasteiger partial charge in [-0.3, -0.25) is 14.4 Å². The van der Waals surface area contributed by atoms with Crippen LogP contribution >= 0.6 is 11.6 Å². The average molecular weight is 491 g/mol. The molecule has 34 heavy (non-hydrogen) atoms. The highest BCUT2D eigenvalue weighted by molar-refractivity contribution is 6.30. The van der Waals surface area contributed by atoms with E-state index in [1.165, 1.54) is 9.80 Å². The molecule has 2 bridgehead atoms. The number of hydrogen-bond acceptors (Lipinski definition) is 6. The van der Waals surface area contributed by atoms with Gasteiger partial charge < -0.3 is 24.4 Å². The number of nitrogens with zero attached hydrogens (tertiary/aromatic N) is 2. The molecule has 4 rings (SSSR count). The highest BCUT2D eigenvalue weighted by atomic mass is 35.5. The van der Waals surface area contributed by atoms with Crippen molar-refractivity contribution >= 4 is 35.1 Å². The summed E-state index contributed by atoms with van der Waals surface area (Å²) < 4.78 is 11.9. The van der Waals surface area contributed by atoms with E-state index in [1.54, 1.807) is 37.3 Å². The van der Waals surface area contributed by atoms with Crippen LogP contribution < -0.4 is 4.90 Å². The largest absolute Gasteiger partial charge is 0.466 e. The van der Waals surface area contributed by atoms with Crippen LogP contribution in [0.2, 0.25) is 5.02 Å². The van der Waals surface area contributed by atoms with Crippen LogP contribution in [0.4, 0.5) is 5.69 Å². The van der Waals surface area contributed by atoms with Gasteiger partial charge in [0.1, 0.15) is 17.6 Å². The van der Waals surface area contributed by atoms with Crippen molar-refractivity contribution in [1.82, 2.24) is 4.90 Å². The van der Waals surface area contributed by atoms with Gasteiger partial charge in [-0.1, -0.05) is 24.6 Å². The summed E-state index contributed by atoms with van der Waals surface area (Å²) in [5, 5.41) is 10.3. The minimum absolute atomic E-state index is 0.0416. The Morgan fingerprint density at radius 1 is 1.38 bits per heavy atom. The predicted molar refractivity (Wildman–Crippen MR) is 126 cm³/mol. The van der Waals surface area contributed by atoms with Crippen molar-refractivity contribution in [1.29, 1.82) is 0 Å². The highest BCUT2D eigenvalue weighted by Gasteiger charge is 2.80. The number of benzene rings is 1. The Labute approximate surface area is 204 Å². The van der Waals surface area contributed by atoms with Crippen LogP contribution in [0.25, 0.3) is 0 Å². The van der Waals surface area contributed by atoms with Gasteiger partial charge >= 0.3 is 5.97 Å². The van der Waals surface area contributed by atoms with Gasteiger partial charge in [0, 0.05) is 23.8 Å². The SMILES string of the molecule is C=CCN(C(=O)C1N(CCO)C(=O)[C@@H]2[C@@H](C(=O)OCC)[C@]3(C)OC12CC3C)c1ccc(Cl)cc1. The summed E-state index contributed by atoms with van der Waals surface area (Å²) >= 11 is 6.04. The summed E-state index contributed by atoms with van der Waals surface area (Å²) in [7, 11) is 0. The summed E-state index contributed by atoms with van der Waals surface area (Å²) in [6.07, 6.45) is 2.05. The van der Waals surface area contributed by atoms with Crippen LogP contribution in [0.3, 0.4) is 0 Å². The maximum atomic E-state index is 14.2. The van der Waals surface area contributed by atoms with Crippen LogP contribution in [0, 0.1) is 17.8 Å². The summed E-state index contributed by atoms with van der Waals surface area (Å²) in [4.78, 5) is 43.9.